The van der Waals surface area contributed by atoms with E-state index in [1.165, 1.54) is 7.11 Å². The minimum Gasteiger partial charge on any atom is -0.468 e. The molecule has 4 aromatic rings. The first-order valence-electron chi connectivity index (χ1n) is 18.3. The number of rotatable bonds is 13. The highest BCUT2D eigenvalue weighted by molar-refractivity contribution is 6.01. The van der Waals surface area contributed by atoms with Crippen molar-refractivity contribution < 1.29 is 32.5 Å². The predicted molar refractivity (Wildman–Crippen MR) is 195 cm³/mol. The number of hydrogen-bond donors (Lipinski definition) is 1. The topological polar surface area (TPSA) is 125 Å². The molecule has 0 unspecified atom stereocenters. The quantitative estimate of drug-likeness (QED) is 0.127. The number of aryl methyl sites for hydroxylation is 1. The van der Waals surface area contributed by atoms with Gasteiger partial charge in [0.1, 0.15) is 35.6 Å². The summed E-state index contributed by atoms with van der Waals surface area (Å²) in [7, 11) is 1.53. The molecule has 3 fully saturated rings. The van der Waals surface area contributed by atoms with Gasteiger partial charge in [0.2, 0.25) is 0 Å². The molecule has 13 heteroatoms. The molecule has 0 bridgehead atoms. The summed E-state index contributed by atoms with van der Waals surface area (Å²) in [6.45, 7) is 6.76. The van der Waals surface area contributed by atoms with Crippen LogP contribution in [0.2, 0.25) is 0 Å². The number of halogens is 2. The Morgan fingerprint density at radius 1 is 1.13 bits per heavy atom. The minimum absolute atomic E-state index is 0.00701. The number of pyridine rings is 1. The van der Waals surface area contributed by atoms with E-state index in [9.17, 15) is 9.18 Å². The van der Waals surface area contributed by atoms with Crippen molar-refractivity contribution in [3.63, 3.8) is 0 Å². The van der Waals surface area contributed by atoms with Gasteiger partial charge in [-0.15, -0.1) is 0 Å². The molecular weight excluding hydrogens is 670 g/mol. The van der Waals surface area contributed by atoms with Crippen LogP contribution in [-0.2, 0) is 20.7 Å². The second-order valence-corrected chi connectivity index (χ2v) is 14.8. The number of esters is 1. The number of methoxy groups -OCH3 is 1. The first kappa shape index (κ1) is 36.2. The molecule has 3 aliphatic rings. The maximum Gasteiger partial charge on any atom is 0.319 e. The number of alkyl halides is 1. The van der Waals surface area contributed by atoms with Gasteiger partial charge in [0.25, 0.3) is 0 Å². The van der Waals surface area contributed by atoms with E-state index in [2.05, 4.69) is 14.8 Å². The Morgan fingerprint density at radius 3 is 2.79 bits per heavy atom. The van der Waals surface area contributed by atoms with E-state index in [0.29, 0.717) is 68.0 Å². The number of benzene rings is 2. The molecule has 0 amide bonds. The average Bonchev–Trinajstić information content (AvgIpc) is 3.65. The number of aromatic nitrogens is 3. The second-order valence-electron chi connectivity index (χ2n) is 14.8. The van der Waals surface area contributed by atoms with Crippen LogP contribution < -0.4 is 20.1 Å². The number of hydrogen-bond acceptors (Lipinski definition) is 11. The Balaban J connectivity index is 1.34. The predicted octanol–water partition coefficient (Wildman–Crippen LogP) is 6.13. The van der Waals surface area contributed by atoms with Gasteiger partial charge in [0.05, 0.1) is 17.5 Å². The summed E-state index contributed by atoms with van der Waals surface area (Å²) >= 11 is 0. The van der Waals surface area contributed by atoms with Crippen LogP contribution in [0.5, 0.6) is 11.8 Å². The highest BCUT2D eigenvalue weighted by Gasteiger charge is 2.49. The first-order valence-corrected chi connectivity index (χ1v) is 18.3. The molecule has 0 aliphatic carbocycles. The van der Waals surface area contributed by atoms with E-state index in [-0.39, 0.29) is 43.0 Å². The van der Waals surface area contributed by atoms with Crippen molar-refractivity contribution in [1.29, 1.82) is 0 Å². The number of anilines is 1. The second kappa shape index (κ2) is 15.0. The van der Waals surface area contributed by atoms with Crippen LogP contribution in [-0.4, -0.2) is 96.4 Å². The zero-order valence-electron chi connectivity index (χ0n) is 30.3. The summed E-state index contributed by atoms with van der Waals surface area (Å²) in [6.07, 6.45) is 5.98. The van der Waals surface area contributed by atoms with E-state index >= 15 is 4.39 Å². The molecule has 2 aromatic carbocycles. The monoisotopic (exact) mass is 718 g/mol. The summed E-state index contributed by atoms with van der Waals surface area (Å²) in [6, 6.07) is 9.54. The van der Waals surface area contributed by atoms with Gasteiger partial charge in [-0.1, -0.05) is 18.2 Å². The van der Waals surface area contributed by atoms with Gasteiger partial charge in [-0.2, -0.15) is 9.97 Å². The van der Waals surface area contributed by atoms with Crippen LogP contribution in [0.4, 0.5) is 14.6 Å². The van der Waals surface area contributed by atoms with Crippen LogP contribution in [0.25, 0.3) is 32.9 Å². The van der Waals surface area contributed by atoms with E-state index in [4.69, 9.17) is 34.6 Å². The number of nitrogens with two attached hydrogens (primary N) is 1. The van der Waals surface area contributed by atoms with Crippen molar-refractivity contribution in [2.75, 3.05) is 58.2 Å². The molecule has 7 rings (SSSR count). The normalized spacial score (nSPS) is 23.3. The minimum atomic E-state index is -0.910. The molecule has 5 heterocycles. The number of piperidine rings is 1. The van der Waals surface area contributed by atoms with Gasteiger partial charge >= 0.3 is 12.0 Å². The Bertz CT molecular complexity index is 1950. The average molecular weight is 719 g/mol. The largest absolute Gasteiger partial charge is 0.468 e. The van der Waals surface area contributed by atoms with Crippen molar-refractivity contribution in [2.45, 2.75) is 82.5 Å². The molecule has 0 spiro atoms. The lowest BCUT2D eigenvalue weighted by Gasteiger charge is -2.39. The highest BCUT2D eigenvalue weighted by Crippen LogP contribution is 2.42. The summed E-state index contributed by atoms with van der Waals surface area (Å²) < 4.78 is 54.4. The summed E-state index contributed by atoms with van der Waals surface area (Å²) in [5.74, 6) is 0.109. The van der Waals surface area contributed by atoms with Crippen molar-refractivity contribution >= 4 is 33.5 Å². The lowest BCUT2D eigenvalue weighted by atomic mass is 9.92. The lowest BCUT2D eigenvalue weighted by Crippen LogP contribution is -2.52. The van der Waals surface area contributed by atoms with Crippen LogP contribution in [0, 0.1) is 5.82 Å². The molecule has 2 N–H and O–H groups in total. The number of nitrogens with zero attached hydrogens (tertiary/aromatic N) is 5. The Kier molecular flexibility index (Phi) is 10.5. The van der Waals surface area contributed by atoms with Crippen molar-refractivity contribution in [3.8, 4) is 23.0 Å². The smallest absolute Gasteiger partial charge is 0.319 e. The van der Waals surface area contributed by atoms with E-state index < -0.39 is 23.1 Å². The number of carbonyl (C=O) groups excluding carboxylic acids is 1. The van der Waals surface area contributed by atoms with Crippen LogP contribution >= 0.6 is 0 Å². The van der Waals surface area contributed by atoms with Gasteiger partial charge in [-0.05, 0) is 87.4 Å². The van der Waals surface area contributed by atoms with Crippen LogP contribution in [0.15, 0.2) is 36.5 Å². The molecule has 2 aromatic heterocycles. The maximum absolute atomic E-state index is 17.3. The molecule has 3 saturated heterocycles. The zero-order valence-corrected chi connectivity index (χ0v) is 30.3. The van der Waals surface area contributed by atoms with Crippen molar-refractivity contribution in [1.82, 2.24) is 19.9 Å². The zero-order chi connectivity index (χ0) is 36.5. The van der Waals surface area contributed by atoms with Crippen LogP contribution in [0.1, 0.15) is 64.4 Å². The van der Waals surface area contributed by atoms with E-state index in [1.54, 1.807) is 19.2 Å². The summed E-state index contributed by atoms with van der Waals surface area (Å²) in [5, 5.41) is 2.07. The Hall–Kier alpha value is -4.20. The fourth-order valence-electron chi connectivity index (χ4n) is 8.35. The Labute approximate surface area is 302 Å². The third kappa shape index (κ3) is 7.35. The molecule has 3 atom stereocenters. The van der Waals surface area contributed by atoms with Gasteiger partial charge in [-0.3, -0.25) is 14.7 Å². The maximum atomic E-state index is 17.3. The number of carbonyl (C=O) groups is 1. The molecule has 3 aliphatic heterocycles. The van der Waals surface area contributed by atoms with Crippen molar-refractivity contribution in [3.05, 3.63) is 47.9 Å². The number of ether oxygens (including phenoxy) is 4. The van der Waals surface area contributed by atoms with Gasteiger partial charge < -0.3 is 29.6 Å². The number of fused-ring (bicyclic) bond motifs is 3. The third-order valence-corrected chi connectivity index (χ3v) is 10.7. The first-order chi connectivity index (χ1) is 25.1. The lowest BCUT2D eigenvalue weighted by molar-refractivity contribution is -0.143. The SMILES string of the molecule is CCOC(=O)CCCc1cccc2cc(OCOC)cc(-c3ncc4c(N5CCC[C@@](C)(N)C5)nc(OC[C@@]56CCCN5C[C@H](F)C6)nc4c3F)c12. The fourth-order valence-corrected chi connectivity index (χ4v) is 8.35. The van der Waals surface area contributed by atoms with E-state index in [0.717, 1.165) is 48.6 Å². The summed E-state index contributed by atoms with van der Waals surface area (Å²) in [4.78, 5) is 30.6. The van der Waals surface area contributed by atoms with Gasteiger partial charge in [0, 0.05) is 56.9 Å². The van der Waals surface area contributed by atoms with Crippen LogP contribution in [0.3, 0.4) is 0 Å². The summed E-state index contributed by atoms with van der Waals surface area (Å²) in [5.41, 5.74) is 7.34. The Morgan fingerprint density at radius 2 is 1.98 bits per heavy atom. The molecular formula is C39H48F2N6O5. The molecule has 52 heavy (non-hydrogen) atoms. The molecule has 0 saturated carbocycles. The fraction of sp³-hybridized carbons (Fsp3) is 0.538. The third-order valence-electron chi connectivity index (χ3n) is 10.7. The van der Waals surface area contributed by atoms with Crippen molar-refractivity contribution in [2.24, 2.45) is 5.73 Å². The van der Waals surface area contributed by atoms with Gasteiger partial charge in [0.15, 0.2) is 12.6 Å². The standard InChI is InChI=1S/C39H48F2N6O5/c1-4-50-31(48)12-6-10-25-9-5-11-26-17-28(52-24-49-3)18-29(32(25)26)34-33(41)35-30(20-43-34)36(46-15-7-13-38(2,42)22-46)45-37(44-35)51-23-39-14-8-16-47(39)21-27(40)19-39/h5,9,11,17-18,20,27H,4,6-8,10,12-16,19,21-24,42H2,1-3H3/t27-,38-,39+/m1/s1. The highest BCUT2D eigenvalue weighted by atomic mass is 19.1. The molecule has 278 valence electrons. The van der Waals surface area contributed by atoms with Gasteiger partial charge in [-0.25, -0.2) is 8.78 Å². The molecule has 11 nitrogen and oxygen atoms in total. The molecule has 0 radical (unpaired) electrons. The van der Waals surface area contributed by atoms with E-state index in [1.807, 2.05) is 31.2 Å².